The summed E-state index contributed by atoms with van der Waals surface area (Å²) in [5, 5.41) is 20.0. The highest BCUT2D eigenvalue weighted by Crippen LogP contribution is 2.31. The van der Waals surface area contributed by atoms with Crippen LogP contribution in [0.1, 0.15) is 29.5 Å². The van der Waals surface area contributed by atoms with E-state index in [2.05, 4.69) is 0 Å². The Morgan fingerprint density at radius 3 is 2.61 bits per heavy atom. The molecule has 0 aromatic heterocycles. The molecular formula is C18H19ClO4. The second-order valence-corrected chi connectivity index (χ2v) is 5.76. The number of hydrogen-bond donors (Lipinski definition) is 2. The quantitative estimate of drug-likeness (QED) is 0.832. The Hall–Kier alpha value is -2.20. The topological polar surface area (TPSA) is 66.8 Å². The van der Waals surface area contributed by atoms with Gasteiger partial charge < -0.3 is 14.9 Å². The molecule has 122 valence electrons. The number of benzene rings is 2. The number of carboxylic acid groups (broad SMARTS) is 1. The maximum atomic E-state index is 11.7. The number of aromatic hydroxyl groups is 1. The van der Waals surface area contributed by atoms with Crippen molar-refractivity contribution in [3.05, 3.63) is 58.1 Å². The third-order valence-electron chi connectivity index (χ3n) is 3.69. The molecule has 0 amide bonds. The maximum absolute atomic E-state index is 11.7. The highest BCUT2D eigenvalue weighted by atomic mass is 35.5. The van der Waals surface area contributed by atoms with Gasteiger partial charge in [0.1, 0.15) is 11.5 Å². The first kappa shape index (κ1) is 17.2. The Morgan fingerprint density at radius 1 is 1.26 bits per heavy atom. The second-order valence-electron chi connectivity index (χ2n) is 5.32. The number of hydrogen-bond acceptors (Lipinski definition) is 3. The number of phenols is 1. The average molecular weight is 335 g/mol. The van der Waals surface area contributed by atoms with E-state index in [0.717, 1.165) is 5.56 Å². The molecule has 2 aromatic rings. The van der Waals surface area contributed by atoms with Crippen LogP contribution in [0.25, 0.3) is 0 Å². The van der Waals surface area contributed by atoms with Crippen LogP contribution in [0.3, 0.4) is 0 Å². The molecule has 0 aliphatic carbocycles. The van der Waals surface area contributed by atoms with Gasteiger partial charge in [0.05, 0.1) is 12.5 Å². The van der Waals surface area contributed by atoms with E-state index < -0.39 is 11.9 Å². The van der Waals surface area contributed by atoms with Crippen LogP contribution < -0.4 is 4.74 Å². The molecule has 23 heavy (non-hydrogen) atoms. The van der Waals surface area contributed by atoms with E-state index in [1.54, 1.807) is 24.3 Å². The number of carbonyl (C=O) groups is 1. The summed E-state index contributed by atoms with van der Waals surface area (Å²) >= 11 is 5.94. The fraction of sp³-hybridized carbons (Fsp3) is 0.278. The number of ether oxygens (including phenoxy) is 1. The molecule has 2 N–H and O–H groups in total. The zero-order chi connectivity index (χ0) is 17.0. The monoisotopic (exact) mass is 334 g/mol. The zero-order valence-electron chi connectivity index (χ0n) is 13.0. The first-order chi connectivity index (χ1) is 10.9. The predicted octanol–water partition coefficient (Wildman–Crippen LogP) is 4.16. The molecule has 0 aliphatic heterocycles. The van der Waals surface area contributed by atoms with Crippen LogP contribution in [0.4, 0.5) is 0 Å². The number of aryl methyl sites for hydroxylation is 1. The largest absolute Gasteiger partial charge is 0.508 e. The van der Waals surface area contributed by atoms with Crippen LogP contribution in [0, 0.1) is 6.92 Å². The molecule has 0 radical (unpaired) electrons. The molecule has 0 saturated carbocycles. The molecular weight excluding hydrogens is 316 g/mol. The molecule has 1 unspecified atom stereocenters. The summed E-state index contributed by atoms with van der Waals surface area (Å²) in [6.07, 6.45) is 0.163. The second kappa shape index (κ2) is 7.38. The van der Waals surface area contributed by atoms with Crippen molar-refractivity contribution in [1.82, 2.24) is 0 Å². The van der Waals surface area contributed by atoms with Gasteiger partial charge in [0.15, 0.2) is 0 Å². The third-order valence-corrected chi connectivity index (χ3v) is 3.93. The molecule has 5 heteroatoms. The Balaban J connectivity index is 2.35. The molecule has 1 atom stereocenters. The summed E-state index contributed by atoms with van der Waals surface area (Å²) in [4.78, 5) is 11.7. The van der Waals surface area contributed by atoms with Gasteiger partial charge in [0.2, 0.25) is 0 Å². The Labute approximate surface area is 140 Å². The predicted molar refractivity (Wildman–Crippen MR) is 89.5 cm³/mol. The van der Waals surface area contributed by atoms with Gasteiger partial charge in [-0.1, -0.05) is 17.7 Å². The number of carboxylic acids is 1. The Morgan fingerprint density at radius 2 is 2.00 bits per heavy atom. The van der Waals surface area contributed by atoms with E-state index in [-0.39, 0.29) is 12.2 Å². The SMILES string of the molecule is CCOc1ccc(C(Cc2cc(Cl)ccc2O)C(=O)O)c(C)c1. The van der Waals surface area contributed by atoms with Gasteiger partial charge in [-0.3, -0.25) is 4.79 Å². The van der Waals surface area contributed by atoms with Crippen LogP contribution in [-0.4, -0.2) is 22.8 Å². The van der Waals surface area contributed by atoms with Gasteiger partial charge in [-0.15, -0.1) is 0 Å². The van der Waals surface area contributed by atoms with Gasteiger partial charge in [-0.05, 0) is 67.3 Å². The van der Waals surface area contributed by atoms with Crippen molar-refractivity contribution < 1.29 is 19.7 Å². The summed E-state index contributed by atoms with van der Waals surface area (Å²) in [7, 11) is 0. The van der Waals surface area contributed by atoms with Crippen molar-refractivity contribution in [3.8, 4) is 11.5 Å². The van der Waals surface area contributed by atoms with E-state index in [1.165, 1.54) is 6.07 Å². The highest BCUT2D eigenvalue weighted by Gasteiger charge is 2.23. The van der Waals surface area contributed by atoms with Gasteiger partial charge >= 0.3 is 5.97 Å². The maximum Gasteiger partial charge on any atom is 0.311 e. The van der Waals surface area contributed by atoms with Crippen LogP contribution in [0.15, 0.2) is 36.4 Å². The minimum atomic E-state index is -0.948. The molecule has 0 bridgehead atoms. The van der Waals surface area contributed by atoms with E-state index in [4.69, 9.17) is 16.3 Å². The molecule has 2 rings (SSSR count). The molecule has 0 heterocycles. The molecule has 0 saturated heterocycles. The van der Waals surface area contributed by atoms with E-state index in [1.807, 2.05) is 19.9 Å². The van der Waals surface area contributed by atoms with Crippen molar-refractivity contribution in [2.75, 3.05) is 6.61 Å². The van der Waals surface area contributed by atoms with E-state index in [9.17, 15) is 15.0 Å². The molecule has 0 fully saturated rings. The van der Waals surface area contributed by atoms with Crippen LogP contribution >= 0.6 is 11.6 Å². The lowest BCUT2D eigenvalue weighted by Crippen LogP contribution is -2.16. The van der Waals surface area contributed by atoms with Gasteiger partial charge in [0, 0.05) is 5.02 Å². The molecule has 0 spiro atoms. The smallest absolute Gasteiger partial charge is 0.311 e. The van der Waals surface area contributed by atoms with Crippen molar-refractivity contribution >= 4 is 17.6 Å². The summed E-state index contributed by atoms with van der Waals surface area (Å²) in [6, 6.07) is 9.99. The number of halogens is 1. The standard InChI is InChI=1S/C18H19ClO4/c1-3-23-14-5-6-15(11(2)8-14)16(18(21)22)10-12-9-13(19)4-7-17(12)20/h4-9,16,20H,3,10H2,1-2H3,(H,21,22). The lowest BCUT2D eigenvalue weighted by atomic mass is 9.89. The first-order valence-corrected chi connectivity index (χ1v) is 7.73. The van der Waals surface area contributed by atoms with Crippen molar-refractivity contribution in [2.24, 2.45) is 0 Å². The summed E-state index contributed by atoms with van der Waals surface area (Å²) in [6.45, 7) is 4.30. The lowest BCUT2D eigenvalue weighted by molar-refractivity contribution is -0.138. The average Bonchev–Trinajstić information content (AvgIpc) is 2.49. The fourth-order valence-corrected chi connectivity index (χ4v) is 2.76. The Kier molecular flexibility index (Phi) is 5.50. The van der Waals surface area contributed by atoms with E-state index in [0.29, 0.717) is 28.5 Å². The minimum absolute atomic E-state index is 0.0456. The first-order valence-electron chi connectivity index (χ1n) is 7.36. The molecule has 0 aliphatic rings. The summed E-state index contributed by atoms with van der Waals surface area (Å²) in [5.74, 6) is -0.959. The lowest BCUT2D eigenvalue weighted by Gasteiger charge is -2.17. The number of phenolic OH excluding ortho intramolecular Hbond substituents is 1. The Bertz CT molecular complexity index is 712. The summed E-state index contributed by atoms with van der Waals surface area (Å²) < 4.78 is 5.43. The minimum Gasteiger partial charge on any atom is -0.508 e. The van der Waals surface area contributed by atoms with Crippen LogP contribution in [-0.2, 0) is 11.2 Å². The third kappa shape index (κ3) is 4.17. The molecule has 2 aromatic carbocycles. The van der Waals surface area contributed by atoms with Gasteiger partial charge in [0.25, 0.3) is 0 Å². The normalized spacial score (nSPS) is 12.0. The van der Waals surface area contributed by atoms with Gasteiger partial charge in [-0.2, -0.15) is 0 Å². The fourth-order valence-electron chi connectivity index (χ4n) is 2.56. The van der Waals surface area contributed by atoms with Gasteiger partial charge in [-0.25, -0.2) is 0 Å². The van der Waals surface area contributed by atoms with Crippen molar-refractivity contribution in [1.29, 1.82) is 0 Å². The van der Waals surface area contributed by atoms with Crippen LogP contribution in [0.5, 0.6) is 11.5 Å². The zero-order valence-corrected chi connectivity index (χ0v) is 13.8. The van der Waals surface area contributed by atoms with Crippen molar-refractivity contribution in [3.63, 3.8) is 0 Å². The molecule has 4 nitrogen and oxygen atoms in total. The van der Waals surface area contributed by atoms with E-state index >= 15 is 0 Å². The van der Waals surface area contributed by atoms with Crippen molar-refractivity contribution in [2.45, 2.75) is 26.2 Å². The summed E-state index contributed by atoms with van der Waals surface area (Å²) in [5.41, 5.74) is 2.04. The number of aliphatic carboxylic acids is 1. The highest BCUT2D eigenvalue weighted by molar-refractivity contribution is 6.30. The number of rotatable bonds is 6. The van der Waals surface area contributed by atoms with Crippen LogP contribution in [0.2, 0.25) is 5.02 Å².